The van der Waals surface area contributed by atoms with E-state index in [1.54, 1.807) is 0 Å². The minimum atomic E-state index is 1.12. The maximum Gasteiger partial charge on any atom is 0.0735 e. The van der Waals surface area contributed by atoms with Gasteiger partial charge in [-0.25, -0.2) is 0 Å². The van der Waals surface area contributed by atoms with E-state index in [0.29, 0.717) is 0 Å². The van der Waals surface area contributed by atoms with Gasteiger partial charge < -0.3 is 0 Å². The van der Waals surface area contributed by atoms with E-state index in [1.165, 1.54) is 26.9 Å². The Bertz CT molecular complexity index is 773. The summed E-state index contributed by atoms with van der Waals surface area (Å²) in [4.78, 5) is 0. The number of hydrogen-bond acceptors (Lipinski definition) is 1. The minimum absolute atomic E-state index is 1.12. The second kappa shape index (κ2) is 3.08. The molecule has 0 aliphatic rings. The lowest BCUT2D eigenvalue weighted by Gasteiger charge is -2.05. The maximum atomic E-state index is 4.18. The van der Waals surface area contributed by atoms with Gasteiger partial charge in [0.1, 0.15) is 0 Å². The Morgan fingerprint density at radius 1 is 0.647 bits per heavy atom. The smallest absolute Gasteiger partial charge is 0.0735 e. The largest absolute Gasteiger partial charge is 0.277 e. The molecule has 0 saturated carbocycles. The van der Waals surface area contributed by atoms with E-state index in [1.807, 2.05) is 6.20 Å². The summed E-state index contributed by atoms with van der Waals surface area (Å²) < 4.78 is 0. The van der Waals surface area contributed by atoms with Gasteiger partial charge in [-0.3, -0.25) is 5.10 Å². The van der Waals surface area contributed by atoms with Crippen molar-refractivity contribution in [2.24, 2.45) is 0 Å². The third kappa shape index (κ3) is 1.07. The molecule has 0 aliphatic carbocycles. The normalized spacial score (nSPS) is 11.5. The van der Waals surface area contributed by atoms with Crippen LogP contribution in [-0.4, -0.2) is 10.2 Å². The number of aromatic amines is 1. The first kappa shape index (κ1) is 8.76. The highest BCUT2D eigenvalue weighted by Crippen LogP contribution is 2.33. The van der Waals surface area contributed by atoms with Crippen LogP contribution in [-0.2, 0) is 0 Å². The van der Waals surface area contributed by atoms with Gasteiger partial charge in [-0.2, -0.15) is 5.10 Å². The number of nitrogens with one attached hydrogen (secondary N) is 1. The monoisotopic (exact) mass is 218 g/mol. The fraction of sp³-hybridized carbons (Fsp3) is 0. The highest BCUT2D eigenvalue weighted by molar-refractivity contribution is 6.23. The van der Waals surface area contributed by atoms with Crippen LogP contribution in [0.15, 0.2) is 54.7 Å². The third-order valence-corrected chi connectivity index (χ3v) is 3.34. The summed E-state index contributed by atoms with van der Waals surface area (Å²) in [5, 5.41) is 13.5. The van der Waals surface area contributed by atoms with Gasteiger partial charge in [-0.1, -0.05) is 48.5 Å². The lowest BCUT2D eigenvalue weighted by molar-refractivity contribution is 1.12. The Balaban J connectivity index is 2.48. The molecule has 0 aliphatic heterocycles. The molecule has 1 N–H and O–H groups in total. The molecule has 0 spiro atoms. The number of rotatable bonds is 0. The standard InChI is InChI=1S/C15H10N2/c1-2-7-12-10(5-1)11-6-3-4-8-13(11)15-14(12)9-16-17-15/h1-9H,(H,16,17). The molecule has 4 aromatic rings. The van der Waals surface area contributed by atoms with Crippen molar-refractivity contribution >= 4 is 32.4 Å². The van der Waals surface area contributed by atoms with Gasteiger partial charge in [0.05, 0.1) is 11.7 Å². The summed E-state index contributed by atoms with van der Waals surface area (Å²) in [5.41, 5.74) is 1.12. The van der Waals surface area contributed by atoms with Gasteiger partial charge in [-0.15, -0.1) is 0 Å². The second-order valence-corrected chi connectivity index (χ2v) is 4.25. The van der Waals surface area contributed by atoms with E-state index in [2.05, 4.69) is 58.7 Å². The average molecular weight is 218 g/mol. The molecule has 1 heterocycles. The molecule has 0 saturated heterocycles. The van der Waals surface area contributed by atoms with Crippen molar-refractivity contribution in [3.63, 3.8) is 0 Å². The molecule has 0 atom stereocenters. The van der Waals surface area contributed by atoms with Gasteiger partial charge in [-0.05, 0) is 16.2 Å². The summed E-state index contributed by atoms with van der Waals surface area (Å²) in [5.74, 6) is 0. The Hall–Kier alpha value is -2.35. The van der Waals surface area contributed by atoms with Crippen LogP contribution in [0, 0.1) is 0 Å². The van der Waals surface area contributed by atoms with Crippen LogP contribution in [0.4, 0.5) is 0 Å². The molecular weight excluding hydrogens is 208 g/mol. The Kier molecular flexibility index (Phi) is 1.59. The Morgan fingerprint density at radius 3 is 1.88 bits per heavy atom. The van der Waals surface area contributed by atoms with Crippen LogP contribution in [0.5, 0.6) is 0 Å². The van der Waals surface area contributed by atoms with E-state index in [-0.39, 0.29) is 0 Å². The third-order valence-electron chi connectivity index (χ3n) is 3.34. The van der Waals surface area contributed by atoms with Crippen LogP contribution in [0.3, 0.4) is 0 Å². The molecule has 2 nitrogen and oxygen atoms in total. The van der Waals surface area contributed by atoms with Crippen LogP contribution < -0.4 is 0 Å². The Labute approximate surface area is 97.9 Å². The van der Waals surface area contributed by atoms with Crippen molar-refractivity contribution in [1.82, 2.24) is 10.2 Å². The number of benzene rings is 3. The fourth-order valence-electron chi connectivity index (χ4n) is 2.58. The fourth-order valence-corrected chi connectivity index (χ4v) is 2.58. The first-order valence-corrected chi connectivity index (χ1v) is 5.68. The van der Waals surface area contributed by atoms with E-state index < -0.39 is 0 Å². The molecule has 1 aromatic heterocycles. The highest BCUT2D eigenvalue weighted by Gasteiger charge is 2.08. The van der Waals surface area contributed by atoms with Crippen molar-refractivity contribution in [1.29, 1.82) is 0 Å². The van der Waals surface area contributed by atoms with Crippen molar-refractivity contribution < 1.29 is 0 Å². The van der Waals surface area contributed by atoms with E-state index in [4.69, 9.17) is 0 Å². The number of fused-ring (bicyclic) bond motifs is 6. The van der Waals surface area contributed by atoms with Gasteiger partial charge in [0.25, 0.3) is 0 Å². The van der Waals surface area contributed by atoms with Crippen molar-refractivity contribution in [3.8, 4) is 0 Å². The van der Waals surface area contributed by atoms with Crippen molar-refractivity contribution in [2.75, 3.05) is 0 Å². The number of H-pyrrole nitrogens is 1. The molecule has 0 radical (unpaired) electrons. The molecule has 0 unspecified atom stereocenters. The highest BCUT2D eigenvalue weighted by atomic mass is 15.1. The Morgan fingerprint density at radius 2 is 1.18 bits per heavy atom. The summed E-state index contributed by atoms with van der Waals surface area (Å²) in [6, 6.07) is 16.9. The van der Waals surface area contributed by atoms with Crippen LogP contribution in [0.2, 0.25) is 0 Å². The maximum absolute atomic E-state index is 4.18. The summed E-state index contributed by atoms with van der Waals surface area (Å²) in [6.07, 6.45) is 1.91. The van der Waals surface area contributed by atoms with Crippen LogP contribution >= 0.6 is 0 Å². The van der Waals surface area contributed by atoms with Crippen LogP contribution in [0.1, 0.15) is 0 Å². The zero-order valence-corrected chi connectivity index (χ0v) is 9.14. The average Bonchev–Trinajstić information content (AvgIpc) is 2.89. The summed E-state index contributed by atoms with van der Waals surface area (Å²) in [7, 11) is 0. The molecule has 80 valence electrons. The molecule has 0 fully saturated rings. The molecular formula is C15H10N2. The minimum Gasteiger partial charge on any atom is -0.277 e. The van der Waals surface area contributed by atoms with Crippen molar-refractivity contribution in [3.05, 3.63) is 54.7 Å². The number of nitrogens with zero attached hydrogens (tertiary/aromatic N) is 1. The first-order valence-electron chi connectivity index (χ1n) is 5.68. The predicted octanol–water partition coefficient (Wildman–Crippen LogP) is 3.87. The van der Waals surface area contributed by atoms with Crippen LogP contribution in [0.25, 0.3) is 32.4 Å². The van der Waals surface area contributed by atoms with E-state index >= 15 is 0 Å². The summed E-state index contributed by atoms with van der Waals surface area (Å²) >= 11 is 0. The molecule has 0 bridgehead atoms. The molecule has 4 rings (SSSR count). The zero-order valence-electron chi connectivity index (χ0n) is 9.14. The molecule has 2 heteroatoms. The number of aromatic nitrogens is 2. The first-order chi connectivity index (χ1) is 8.45. The summed E-state index contributed by atoms with van der Waals surface area (Å²) in [6.45, 7) is 0. The SMILES string of the molecule is c1ccc2c(c1)c1ccccc1c1[nH]ncc21. The van der Waals surface area contributed by atoms with Gasteiger partial charge in [0.15, 0.2) is 0 Å². The molecule has 0 amide bonds. The van der Waals surface area contributed by atoms with Crippen molar-refractivity contribution in [2.45, 2.75) is 0 Å². The topological polar surface area (TPSA) is 28.7 Å². The lowest BCUT2D eigenvalue weighted by Crippen LogP contribution is -1.80. The zero-order chi connectivity index (χ0) is 11.2. The van der Waals surface area contributed by atoms with Gasteiger partial charge >= 0.3 is 0 Å². The van der Waals surface area contributed by atoms with E-state index in [9.17, 15) is 0 Å². The van der Waals surface area contributed by atoms with E-state index in [0.717, 1.165) is 5.52 Å². The lowest BCUT2D eigenvalue weighted by atomic mass is 9.99. The van der Waals surface area contributed by atoms with Gasteiger partial charge in [0.2, 0.25) is 0 Å². The number of hydrogen-bond donors (Lipinski definition) is 1. The van der Waals surface area contributed by atoms with Gasteiger partial charge in [0, 0.05) is 10.8 Å². The second-order valence-electron chi connectivity index (χ2n) is 4.25. The predicted molar refractivity (Wildman–Crippen MR) is 71.1 cm³/mol. The quantitative estimate of drug-likeness (QED) is 0.446. The molecule has 17 heavy (non-hydrogen) atoms. The molecule has 3 aromatic carbocycles.